The van der Waals surface area contributed by atoms with Crippen LogP contribution in [0.25, 0.3) is 0 Å². The van der Waals surface area contributed by atoms with Gasteiger partial charge in [0.15, 0.2) is 5.78 Å². The fraction of sp³-hybridized carbons (Fsp3) is 0.486. The highest BCUT2D eigenvalue weighted by Gasteiger charge is 2.18. The third-order valence-electron chi connectivity index (χ3n) is 7.10. The molecular formula is C35H48N4O13. The third-order valence-corrected chi connectivity index (χ3v) is 7.10. The molecule has 2 rings (SSSR count). The highest BCUT2D eigenvalue weighted by Crippen LogP contribution is 2.11. The lowest BCUT2D eigenvalue weighted by atomic mass is 9.98. The number of carbonyl (C=O) groups is 6. The summed E-state index contributed by atoms with van der Waals surface area (Å²) in [5.41, 5.74) is 2.86. The van der Waals surface area contributed by atoms with Gasteiger partial charge in [0.2, 0.25) is 0 Å². The molecule has 1 aromatic heterocycles. The molecule has 0 saturated carbocycles. The van der Waals surface area contributed by atoms with Crippen molar-refractivity contribution in [2.45, 2.75) is 39.7 Å². The van der Waals surface area contributed by atoms with E-state index in [0.717, 1.165) is 23.6 Å². The third kappa shape index (κ3) is 25.7. The van der Waals surface area contributed by atoms with Crippen LogP contribution in [0.4, 0.5) is 0 Å². The van der Waals surface area contributed by atoms with Crippen LogP contribution in [-0.2, 0) is 62.5 Å². The second kappa shape index (κ2) is 27.5. The number of aromatic nitrogens is 1. The summed E-state index contributed by atoms with van der Waals surface area (Å²) in [7, 11) is 1.65. The molecule has 52 heavy (non-hydrogen) atoms. The fourth-order valence-electron chi connectivity index (χ4n) is 4.58. The number of hydrogen-bond acceptors (Lipinski definition) is 13. The van der Waals surface area contributed by atoms with E-state index in [1.165, 1.54) is 4.90 Å². The average molecular weight is 733 g/mol. The van der Waals surface area contributed by atoms with E-state index in [1.807, 2.05) is 43.3 Å². The Bertz CT molecular complexity index is 1410. The number of pyridine rings is 1. The van der Waals surface area contributed by atoms with Crippen molar-refractivity contribution in [1.29, 1.82) is 0 Å². The van der Waals surface area contributed by atoms with Crippen LogP contribution in [0.15, 0.2) is 48.8 Å². The van der Waals surface area contributed by atoms with Crippen molar-refractivity contribution in [3.63, 3.8) is 0 Å². The van der Waals surface area contributed by atoms with Crippen LogP contribution >= 0.6 is 0 Å². The maximum absolute atomic E-state index is 12.9. The molecule has 0 aliphatic carbocycles. The Hall–Kier alpha value is -5.19. The standard InChI is InChI=1S/C32H44N4O9.C2H4O2.CO2/c1-24(16-27-4-3-11-33-17-27)29(38)23-45-22-26-7-5-25(6-8-26)9-10-28(37)18-35(13-12-34(2)19-30(39)40)14-15-36(20-31(41)42)21-32(43)44;1-2(3)4;2-1-3/h3-8,11,17,24H,9-10,12-16,18-23H2,1-2H3,(H,39,40)(H,41,42)(H,43,44);1H3,(H,3,4);/t24-;;/m1../s1. The van der Waals surface area contributed by atoms with Crippen molar-refractivity contribution in [3.05, 3.63) is 65.5 Å². The van der Waals surface area contributed by atoms with E-state index in [9.17, 15) is 24.0 Å². The quantitative estimate of drug-likeness (QED) is 0.117. The van der Waals surface area contributed by atoms with Gasteiger partial charge in [0.05, 0.1) is 32.8 Å². The van der Waals surface area contributed by atoms with Crippen LogP contribution in [0, 0.1) is 5.92 Å². The van der Waals surface area contributed by atoms with Gasteiger partial charge in [-0.3, -0.25) is 48.5 Å². The van der Waals surface area contributed by atoms with Crippen LogP contribution in [0.2, 0.25) is 0 Å². The molecule has 286 valence electrons. The Labute approximate surface area is 301 Å². The molecule has 1 atom stereocenters. The summed E-state index contributed by atoms with van der Waals surface area (Å²) >= 11 is 0. The number of Topliss-reactive ketones (excluding diaryl/α,β-unsaturated/α-hetero) is 2. The normalized spacial score (nSPS) is 11.0. The van der Waals surface area contributed by atoms with Crippen LogP contribution in [0.3, 0.4) is 0 Å². The first kappa shape index (κ1) is 46.8. The van der Waals surface area contributed by atoms with E-state index in [4.69, 9.17) is 39.5 Å². The summed E-state index contributed by atoms with van der Waals surface area (Å²) < 4.78 is 5.64. The molecule has 0 spiro atoms. The number of benzene rings is 1. The predicted octanol–water partition coefficient (Wildman–Crippen LogP) is 0.845. The lowest BCUT2D eigenvalue weighted by Crippen LogP contribution is -2.44. The summed E-state index contributed by atoms with van der Waals surface area (Å²) in [5.74, 6) is -4.33. The Kier molecular flexibility index (Phi) is 24.8. The number of nitrogens with zero attached hydrogens (tertiary/aromatic N) is 4. The molecule has 0 bridgehead atoms. The summed E-state index contributed by atoms with van der Waals surface area (Å²) in [6.45, 7) is 3.33. The molecule has 0 fully saturated rings. The van der Waals surface area contributed by atoms with Gasteiger partial charge in [0.1, 0.15) is 12.4 Å². The number of carboxylic acids is 4. The van der Waals surface area contributed by atoms with Gasteiger partial charge >= 0.3 is 24.1 Å². The van der Waals surface area contributed by atoms with Crippen LogP contribution in [0.1, 0.15) is 37.0 Å². The number of likely N-dealkylation sites (N-methyl/N-ethyl adjacent to an activating group) is 1. The maximum Gasteiger partial charge on any atom is 0.373 e. The number of carboxylic acid groups (broad SMARTS) is 4. The van der Waals surface area contributed by atoms with E-state index in [1.54, 1.807) is 29.2 Å². The Morgan fingerprint density at radius 2 is 1.29 bits per heavy atom. The summed E-state index contributed by atoms with van der Waals surface area (Å²) in [4.78, 5) is 92.6. The van der Waals surface area contributed by atoms with E-state index in [2.05, 4.69) is 4.98 Å². The molecule has 0 radical (unpaired) electrons. The number of rotatable bonds is 24. The van der Waals surface area contributed by atoms with Crippen LogP contribution in [0.5, 0.6) is 0 Å². The Morgan fingerprint density at radius 3 is 1.81 bits per heavy atom. The first-order valence-electron chi connectivity index (χ1n) is 16.1. The molecule has 17 nitrogen and oxygen atoms in total. The molecule has 2 aromatic rings. The van der Waals surface area contributed by atoms with Crippen LogP contribution in [-0.4, -0.2) is 148 Å². The molecular weight excluding hydrogens is 684 g/mol. The van der Waals surface area contributed by atoms with Crippen molar-refractivity contribution in [1.82, 2.24) is 19.7 Å². The van der Waals surface area contributed by atoms with Crippen molar-refractivity contribution >= 4 is 41.6 Å². The van der Waals surface area contributed by atoms with Gasteiger partial charge in [-0.05, 0) is 42.6 Å². The molecule has 0 saturated heterocycles. The summed E-state index contributed by atoms with van der Waals surface area (Å²) in [6.07, 6.45) is 5.06. The zero-order chi connectivity index (χ0) is 39.5. The minimum Gasteiger partial charge on any atom is -0.481 e. The van der Waals surface area contributed by atoms with E-state index >= 15 is 0 Å². The van der Waals surface area contributed by atoms with Gasteiger partial charge in [-0.15, -0.1) is 0 Å². The first-order valence-corrected chi connectivity index (χ1v) is 16.1. The lowest BCUT2D eigenvalue weighted by Gasteiger charge is -2.27. The second-order valence-electron chi connectivity index (χ2n) is 11.8. The van der Waals surface area contributed by atoms with Crippen molar-refractivity contribution in [2.75, 3.05) is 66.0 Å². The van der Waals surface area contributed by atoms with Gasteiger partial charge in [0, 0.05) is 57.8 Å². The van der Waals surface area contributed by atoms with Gasteiger partial charge in [-0.25, -0.2) is 0 Å². The molecule has 1 aromatic carbocycles. The Morgan fingerprint density at radius 1 is 0.769 bits per heavy atom. The highest BCUT2D eigenvalue weighted by molar-refractivity contribution is 5.82. The highest BCUT2D eigenvalue weighted by atomic mass is 16.5. The Balaban J connectivity index is 0.00000340. The van der Waals surface area contributed by atoms with E-state index in [-0.39, 0.29) is 69.4 Å². The van der Waals surface area contributed by atoms with Gasteiger partial charge in [0.25, 0.3) is 5.97 Å². The predicted molar refractivity (Wildman–Crippen MR) is 183 cm³/mol. The molecule has 17 heteroatoms. The van der Waals surface area contributed by atoms with Crippen LogP contribution < -0.4 is 0 Å². The monoisotopic (exact) mass is 732 g/mol. The van der Waals surface area contributed by atoms with E-state index in [0.29, 0.717) is 25.9 Å². The minimum absolute atomic E-state index is 0.0185. The van der Waals surface area contributed by atoms with Crippen molar-refractivity contribution < 1.29 is 63.5 Å². The van der Waals surface area contributed by atoms with Crippen molar-refractivity contribution in [3.8, 4) is 0 Å². The molecule has 1 heterocycles. The zero-order valence-electron chi connectivity index (χ0n) is 29.6. The maximum atomic E-state index is 12.9. The number of carbonyl (C=O) groups excluding carboxylic acids is 4. The second-order valence-corrected chi connectivity index (χ2v) is 11.8. The number of ketones is 2. The number of aliphatic carboxylic acids is 4. The van der Waals surface area contributed by atoms with Gasteiger partial charge in [-0.2, -0.15) is 9.59 Å². The average Bonchev–Trinajstić information content (AvgIpc) is 3.05. The zero-order valence-corrected chi connectivity index (χ0v) is 29.6. The number of hydrogen-bond donors (Lipinski definition) is 4. The molecule has 4 N–H and O–H groups in total. The minimum atomic E-state index is -1.16. The SMILES string of the molecule is CC(=O)O.C[C@H](Cc1cccnc1)C(=O)COCc1ccc(CCC(=O)CN(CCN(C)CC(=O)O)CCN(CC(=O)O)CC(=O)O)cc1.O=C=O. The number of ether oxygens (including phenoxy) is 1. The molecule has 0 aliphatic heterocycles. The first-order chi connectivity index (χ1) is 24.6. The van der Waals surface area contributed by atoms with Crippen molar-refractivity contribution in [2.24, 2.45) is 5.92 Å². The molecule has 0 amide bonds. The summed E-state index contributed by atoms with van der Waals surface area (Å²) in [6, 6.07) is 11.4. The van der Waals surface area contributed by atoms with Gasteiger partial charge in [-0.1, -0.05) is 37.3 Å². The van der Waals surface area contributed by atoms with E-state index < -0.39 is 37.0 Å². The van der Waals surface area contributed by atoms with Gasteiger partial charge < -0.3 is 25.2 Å². The lowest BCUT2D eigenvalue weighted by molar-refractivity contribution is -0.192. The molecule has 0 aliphatic rings. The smallest absolute Gasteiger partial charge is 0.373 e. The summed E-state index contributed by atoms with van der Waals surface area (Å²) in [5, 5.41) is 34.6. The largest absolute Gasteiger partial charge is 0.481 e. The topological polar surface area (TPSA) is 249 Å². The number of aryl methyl sites for hydroxylation is 1. The fourth-order valence-corrected chi connectivity index (χ4v) is 4.58. The molecule has 0 unspecified atom stereocenters.